The Bertz CT molecular complexity index is 1160. The molecule has 0 saturated carbocycles. The first-order valence-electron chi connectivity index (χ1n) is 10.5. The van der Waals surface area contributed by atoms with E-state index in [1.807, 2.05) is 35.0 Å². The summed E-state index contributed by atoms with van der Waals surface area (Å²) in [6, 6.07) is 14.7. The third-order valence-electron chi connectivity index (χ3n) is 5.71. The molecule has 2 heterocycles. The monoisotopic (exact) mass is 472 g/mol. The zero-order valence-electron chi connectivity index (χ0n) is 17.5. The Morgan fingerprint density at radius 1 is 1.09 bits per heavy atom. The van der Waals surface area contributed by atoms with Crippen molar-refractivity contribution < 1.29 is 13.2 Å². The Morgan fingerprint density at radius 2 is 1.81 bits per heavy atom. The number of carbonyl (C=O) groups excluding carboxylic acids is 1. The van der Waals surface area contributed by atoms with Gasteiger partial charge in [-0.25, -0.2) is 17.7 Å². The molecule has 1 aliphatic rings. The molecule has 1 N–H and O–H groups in total. The van der Waals surface area contributed by atoms with E-state index < -0.39 is 10.0 Å². The fourth-order valence-corrected chi connectivity index (χ4v) is 5.61. The van der Waals surface area contributed by atoms with E-state index in [0.29, 0.717) is 43.1 Å². The molecular formula is C23H25ClN4O3S. The van der Waals surface area contributed by atoms with Crippen molar-refractivity contribution >= 4 is 27.5 Å². The van der Waals surface area contributed by atoms with Crippen LogP contribution in [0.3, 0.4) is 0 Å². The zero-order valence-corrected chi connectivity index (χ0v) is 19.1. The Hall–Kier alpha value is -2.68. The number of halogens is 1. The maximum Gasteiger partial charge on any atom is 0.223 e. The molecule has 4 rings (SSSR count). The van der Waals surface area contributed by atoms with Crippen molar-refractivity contribution in [3.8, 4) is 5.69 Å². The predicted molar refractivity (Wildman–Crippen MR) is 124 cm³/mol. The Morgan fingerprint density at radius 3 is 2.50 bits per heavy atom. The Labute approximate surface area is 193 Å². The molecule has 1 aromatic heterocycles. The first-order chi connectivity index (χ1) is 15.4. The average molecular weight is 473 g/mol. The van der Waals surface area contributed by atoms with Crippen LogP contribution in [0.4, 0.5) is 0 Å². The summed E-state index contributed by atoms with van der Waals surface area (Å²) >= 11 is 5.87. The van der Waals surface area contributed by atoms with Gasteiger partial charge in [-0.15, -0.1) is 0 Å². The first kappa shape index (κ1) is 22.5. The van der Waals surface area contributed by atoms with E-state index in [-0.39, 0.29) is 17.6 Å². The minimum atomic E-state index is -3.43. The van der Waals surface area contributed by atoms with Crippen molar-refractivity contribution in [3.05, 3.63) is 83.4 Å². The van der Waals surface area contributed by atoms with Gasteiger partial charge < -0.3 is 9.88 Å². The molecule has 32 heavy (non-hydrogen) atoms. The molecular weight excluding hydrogens is 448 g/mol. The van der Waals surface area contributed by atoms with Gasteiger partial charge in [0, 0.05) is 43.0 Å². The molecule has 7 nitrogen and oxygen atoms in total. The number of aromatic nitrogens is 2. The Balaban J connectivity index is 1.31. The van der Waals surface area contributed by atoms with Crippen LogP contribution in [-0.2, 0) is 27.1 Å². The summed E-state index contributed by atoms with van der Waals surface area (Å²) < 4.78 is 28.9. The van der Waals surface area contributed by atoms with Gasteiger partial charge in [0.2, 0.25) is 15.9 Å². The standard InChI is InChI=1S/C23H25ClN4O3S/c24-21-7-5-18(6-8-21)16-32(30,31)28-12-9-19(10-13-28)23(29)26-15-20-3-1-2-4-22(20)27-14-11-25-17-27/h1-8,11,14,17,19H,9-10,12-13,15-16H2,(H,26,29). The normalized spacial score (nSPS) is 15.5. The number of imidazole rings is 1. The molecule has 1 fully saturated rings. The number of hydrogen-bond acceptors (Lipinski definition) is 4. The van der Waals surface area contributed by atoms with Gasteiger partial charge in [-0.1, -0.05) is 41.9 Å². The molecule has 2 aromatic carbocycles. The van der Waals surface area contributed by atoms with E-state index in [2.05, 4.69) is 10.3 Å². The molecule has 1 aliphatic heterocycles. The summed E-state index contributed by atoms with van der Waals surface area (Å²) in [6.07, 6.45) is 6.32. The van der Waals surface area contributed by atoms with Crippen LogP contribution in [0.5, 0.6) is 0 Å². The molecule has 0 spiro atoms. The number of nitrogens with zero attached hydrogens (tertiary/aromatic N) is 3. The third-order valence-corrected chi connectivity index (χ3v) is 7.81. The molecule has 1 saturated heterocycles. The van der Waals surface area contributed by atoms with Crippen LogP contribution >= 0.6 is 11.6 Å². The summed E-state index contributed by atoms with van der Waals surface area (Å²) in [4.78, 5) is 16.8. The van der Waals surface area contributed by atoms with Crippen molar-refractivity contribution in [2.45, 2.75) is 25.1 Å². The molecule has 0 atom stereocenters. The van der Waals surface area contributed by atoms with Gasteiger partial charge in [-0.2, -0.15) is 0 Å². The molecule has 0 bridgehead atoms. The van der Waals surface area contributed by atoms with Crippen LogP contribution in [0.2, 0.25) is 5.02 Å². The number of hydrogen-bond donors (Lipinski definition) is 1. The fourth-order valence-electron chi connectivity index (χ4n) is 3.92. The molecule has 0 aliphatic carbocycles. The number of nitrogens with one attached hydrogen (secondary N) is 1. The zero-order chi connectivity index (χ0) is 22.6. The maximum absolute atomic E-state index is 12.8. The number of carbonyl (C=O) groups is 1. The number of benzene rings is 2. The minimum absolute atomic E-state index is 0.0415. The quantitative estimate of drug-likeness (QED) is 0.571. The summed E-state index contributed by atoms with van der Waals surface area (Å²) in [5.74, 6) is -0.302. The molecule has 0 radical (unpaired) electrons. The molecule has 9 heteroatoms. The van der Waals surface area contributed by atoms with Crippen LogP contribution in [0, 0.1) is 5.92 Å². The number of amides is 1. The van der Waals surface area contributed by atoms with Crippen LogP contribution in [0.15, 0.2) is 67.3 Å². The van der Waals surface area contributed by atoms with Gasteiger partial charge in [0.25, 0.3) is 0 Å². The lowest BCUT2D eigenvalue weighted by atomic mass is 9.97. The van der Waals surface area contributed by atoms with E-state index in [0.717, 1.165) is 11.3 Å². The predicted octanol–water partition coefficient (Wildman–Crippen LogP) is 3.38. The topological polar surface area (TPSA) is 84.3 Å². The first-order valence-corrected chi connectivity index (χ1v) is 12.5. The lowest BCUT2D eigenvalue weighted by Crippen LogP contribution is -2.43. The highest BCUT2D eigenvalue weighted by atomic mass is 35.5. The second-order valence-corrected chi connectivity index (χ2v) is 10.3. The highest BCUT2D eigenvalue weighted by molar-refractivity contribution is 7.88. The van der Waals surface area contributed by atoms with Crippen LogP contribution in [0.1, 0.15) is 24.0 Å². The van der Waals surface area contributed by atoms with Gasteiger partial charge >= 0.3 is 0 Å². The summed E-state index contributed by atoms with van der Waals surface area (Å²) in [5.41, 5.74) is 2.65. The smallest absolute Gasteiger partial charge is 0.223 e. The van der Waals surface area contributed by atoms with Gasteiger partial charge in [-0.3, -0.25) is 4.79 Å². The second-order valence-electron chi connectivity index (χ2n) is 7.87. The maximum atomic E-state index is 12.8. The lowest BCUT2D eigenvalue weighted by Gasteiger charge is -2.30. The Kier molecular flexibility index (Phi) is 6.93. The largest absolute Gasteiger partial charge is 0.352 e. The summed E-state index contributed by atoms with van der Waals surface area (Å²) in [6.45, 7) is 1.10. The van der Waals surface area contributed by atoms with Crippen molar-refractivity contribution in [1.29, 1.82) is 0 Å². The van der Waals surface area contributed by atoms with Crippen molar-refractivity contribution in [2.24, 2.45) is 5.92 Å². The van der Waals surface area contributed by atoms with Crippen LogP contribution in [0.25, 0.3) is 5.69 Å². The van der Waals surface area contributed by atoms with Crippen LogP contribution in [-0.4, -0.2) is 41.3 Å². The van der Waals surface area contributed by atoms with Crippen LogP contribution < -0.4 is 5.32 Å². The van der Waals surface area contributed by atoms with Gasteiger partial charge in [0.05, 0.1) is 17.8 Å². The number of para-hydroxylation sites is 1. The molecule has 0 unspecified atom stereocenters. The fraction of sp³-hybridized carbons (Fsp3) is 0.304. The SMILES string of the molecule is O=C(NCc1ccccc1-n1ccnc1)C1CCN(S(=O)(=O)Cc2ccc(Cl)cc2)CC1. The minimum Gasteiger partial charge on any atom is -0.352 e. The van der Waals surface area contributed by atoms with E-state index >= 15 is 0 Å². The van der Waals surface area contributed by atoms with Crippen molar-refractivity contribution in [1.82, 2.24) is 19.2 Å². The van der Waals surface area contributed by atoms with Gasteiger partial charge in [-0.05, 0) is 42.2 Å². The molecule has 168 valence electrons. The highest BCUT2D eigenvalue weighted by Crippen LogP contribution is 2.23. The number of rotatable bonds is 7. The summed E-state index contributed by atoms with van der Waals surface area (Å²) in [5, 5.41) is 3.59. The third kappa shape index (κ3) is 5.38. The van der Waals surface area contributed by atoms with E-state index in [4.69, 9.17) is 11.6 Å². The highest BCUT2D eigenvalue weighted by Gasteiger charge is 2.31. The molecule has 3 aromatic rings. The van der Waals surface area contributed by atoms with Crippen molar-refractivity contribution in [2.75, 3.05) is 13.1 Å². The number of piperidine rings is 1. The van der Waals surface area contributed by atoms with E-state index in [9.17, 15) is 13.2 Å². The van der Waals surface area contributed by atoms with Crippen molar-refractivity contribution in [3.63, 3.8) is 0 Å². The lowest BCUT2D eigenvalue weighted by molar-refractivity contribution is -0.126. The number of sulfonamides is 1. The van der Waals surface area contributed by atoms with E-state index in [1.165, 1.54) is 4.31 Å². The average Bonchev–Trinajstić information content (AvgIpc) is 3.34. The van der Waals surface area contributed by atoms with Gasteiger partial charge in [0.15, 0.2) is 0 Å². The van der Waals surface area contributed by atoms with E-state index in [1.54, 1.807) is 36.8 Å². The second kappa shape index (κ2) is 9.85. The molecule has 1 amide bonds. The van der Waals surface area contributed by atoms with Gasteiger partial charge in [0.1, 0.15) is 0 Å². The summed E-state index contributed by atoms with van der Waals surface area (Å²) in [7, 11) is -3.43.